The maximum Gasteiger partial charge on any atom is 0.305 e. The molecule has 3 rings (SSSR count). The lowest BCUT2D eigenvalue weighted by Crippen LogP contribution is -2.03. The SMILES string of the molecule is CCOC(=O)CCCCCCCSc1nc(-c2ccccc2)c(-c2ccccc2)[nH]1. The Morgan fingerprint density at radius 2 is 1.53 bits per heavy atom. The number of hydrogen-bond acceptors (Lipinski definition) is 4. The zero-order valence-corrected chi connectivity index (χ0v) is 18.4. The number of ether oxygens (including phenoxy) is 1. The number of hydrogen-bond donors (Lipinski definition) is 1. The standard InChI is InChI=1S/C25H30N2O2S/c1-2-29-22(28)18-12-4-3-5-13-19-30-25-26-23(20-14-8-6-9-15-20)24(27-25)21-16-10-7-11-17-21/h6-11,14-17H,2-5,12-13,18-19H2,1H3,(H,26,27). The molecule has 0 radical (unpaired) electrons. The predicted octanol–water partition coefficient (Wildman–Crippen LogP) is 6.74. The number of H-pyrrole nitrogens is 1. The number of aromatic nitrogens is 2. The van der Waals surface area contributed by atoms with E-state index >= 15 is 0 Å². The number of benzene rings is 2. The fourth-order valence-electron chi connectivity index (χ4n) is 3.34. The molecule has 0 aliphatic rings. The van der Waals surface area contributed by atoms with Crippen LogP contribution in [0.15, 0.2) is 65.8 Å². The van der Waals surface area contributed by atoms with Crippen molar-refractivity contribution in [3.63, 3.8) is 0 Å². The van der Waals surface area contributed by atoms with Crippen molar-refractivity contribution in [1.82, 2.24) is 9.97 Å². The number of nitrogens with zero attached hydrogens (tertiary/aromatic N) is 1. The number of aromatic amines is 1. The Kier molecular flexibility index (Phi) is 9.04. The molecule has 0 fully saturated rings. The minimum atomic E-state index is -0.0747. The lowest BCUT2D eigenvalue weighted by Gasteiger charge is -2.02. The van der Waals surface area contributed by atoms with Gasteiger partial charge in [-0.05, 0) is 19.8 Å². The van der Waals surface area contributed by atoms with Gasteiger partial charge in [0, 0.05) is 23.3 Å². The Labute approximate surface area is 183 Å². The molecule has 0 atom stereocenters. The first-order valence-corrected chi connectivity index (χ1v) is 11.8. The Morgan fingerprint density at radius 3 is 2.23 bits per heavy atom. The summed E-state index contributed by atoms with van der Waals surface area (Å²) in [5.74, 6) is 0.961. The van der Waals surface area contributed by atoms with Gasteiger partial charge in [0.05, 0.1) is 18.0 Å². The Balaban J connectivity index is 1.50. The van der Waals surface area contributed by atoms with Gasteiger partial charge in [0.1, 0.15) is 0 Å². The summed E-state index contributed by atoms with van der Waals surface area (Å²) in [5.41, 5.74) is 4.35. The first-order valence-electron chi connectivity index (χ1n) is 10.8. The molecule has 0 amide bonds. The van der Waals surface area contributed by atoms with Crippen LogP contribution in [0.3, 0.4) is 0 Å². The van der Waals surface area contributed by atoms with Gasteiger partial charge in [0.2, 0.25) is 0 Å². The molecule has 0 aliphatic carbocycles. The topological polar surface area (TPSA) is 55.0 Å². The molecule has 1 aromatic heterocycles. The van der Waals surface area contributed by atoms with E-state index in [2.05, 4.69) is 41.4 Å². The first kappa shape index (κ1) is 22.2. The lowest BCUT2D eigenvalue weighted by molar-refractivity contribution is -0.143. The van der Waals surface area contributed by atoms with E-state index in [1.54, 1.807) is 11.8 Å². The van der Waals surface area contributed by atoms with Gasteiger partial charge in [-0.3, -0.25) is 4.79 Å². The number of carbonyl (C=O) groups is 1. The molecule has 0 saturated heterocycles. The van der Waals surface area contributed by atoms with Gasteiger partial charge in [0.15, 0.2) is 5.16 Å². The van der Waals surface area contributed by atoms with E-state index < -0.39 is 0 Å². The molecule has 0 aliphatic heterocycles. The highest BCUT2D eigenvalue weighted by molar-refractivity contribution is 7.99. The summed E-state index contributed by atoms with van der Waals surface area (Å²) in [6.45, 7) is 2.32. The minimum Gasteiger partial charge on any atom is -0.466 e. The summed E-state index contributed by atoms with van der Waals surface area (Å²) < 4.78 is 4.96. The molecule has 1 N–H and O–H groups in total. The van der Waals surface area contributed by atoms with Crippen LogP contribution in [0.5, 0.6) is 0 Å². The Bertz CT molecular complexity index is 837. The summed E-state index contributed by atoms with van der Waals surface area (Å²) in [6, 6.07) is 20.7. The maximum atomic E-state index is 11.3. The quantitative estimate of drug-likeness (QED) is 0.199. The summed E-state index contributed by atoms with van der Waals surface area (Å²) >= 11 is 1.78. The van der Waals surface area contributed by atoms with Gasteiger partial charge in [0.25, 0.3) is 0 Å². The van der Waals surface area contributed by atoms with Crippen molar-refractivity contribution in [1.29, 1.82) is 0 Å². The second-order valence-corrected chi connectivity index (χ2v) is 8.25. The molecule has 0 bridgehead atoms. The van der Waals surface area contributed by atoms with Gasteiger partial charge in [-0.15, -0.1) is 0 Å². The minimum absolute atomic E-state index is 0.0747. The molecule has 0 saturated carbocycles. The third-order valence-electron chi connectivity index (χ3n) is 4.86. The molecule has 3 aromatic rings. The first-order chi connectivity index (χ1) is 14.8. The second kappa shape index (κ2) is 12.2. The summed E-state index contributed by atoms with van der Waals surface area (Å²) in [5, 5.41) is 0.968. The molecular weight excluding hydrogens is 392 g/mol. The third kappa shape index (κ3) is 6.77. The number of carbonyl (C=O) groups excluding carboxylic acids is 1. The van der Waals surface area contributed by atoms with Crippen LogP contribution >= 0.6 is 11.8 Å². The molecule has 2 aromatic carbocycles. The number of nitrogens with one attached hydrogen (secondary N) is 1. The summed E-state index contributed by atoms with van der Waals surface area (Å²) in [7, 11) is 0. The fourth-order valence-corrected chi connectivity index (χ4v) is 4.21. The van der Waals surface area contributed by atoms with Crippen LogP contribution < -0.4 is 0 Å². The van der Waals surface area contributed by atoms with E-state index in [9.17, 15) is 4.79 Å². The number of imidazole rings is 1. The molecule has 0 unspecified atom stereocenters. The molecular formula is C25H30N2O2S. The highest BCUT2D eigenvalue weighted by Gasteiger charge is 2.14. The Morgan fingerprint density at radius 1 is 0.900 bits per heavy atom. The van der Waals surface area contributed by atoms with Crippen molar-refractivity contribution in [3.05, 3.63) is 60.7 Å². The van der Waals surface area contributed by atoms with E-state index in [0.29, 0.717) is 13.0 Å². The van der Waals surface area contributed by atoms with Crippen LogP contribution in [0.1, 0.15) is 45.4 Å². The Hall–Kier alpha value is -2.53. The van der Waals surface area contributed by atoms with E-state index in [1.165, 1.54) is 6.42 Å². The van der Waals surface area contributed by atoms with Gasteiger partial charge in [-0.2, -0.15) is 0 Å². The normalized spacial score (nSPS) is 10.8. The van der Waals surface area contributed by atoms with Crippen LogP contribution in [0.2, 0.25) is 0 Å². The fraction of sp³-hybridized carbons (Fsp3) is 0.360. The number of unbranched alkanes of at least 4 members (excludes halogenated alkanes) is 4. The zero-order valence-electron chi connectivity index (χ0n) is 17.6. The van der Waals surface area contributed by atoms with Crippen LogP contribution in [-0.2, 0) is 9.53 Å². The highest BCUT2D eigenvalue weighted by atomic mass is 32.2. The molecule has 158 valence electrons. The van der Waals surface area contributed by atoms with Crippen LogP contribution in [0, 0.1) is 0 Å². The van der Waals surface area contributed by atoms with Crippen molar-refractivity contribution in [2.24, 2.45) is 0 Å². The third-order valence-corrected chi connectivity index (χ3v) is 5.82. The van der Waals surface area contributed by atoms with Gasteiger partial charge in [-0.25, -0.2) is 4.98 Å². The second-order valence-electron chi connectivity index (χ2n) is 7.17. The summed E-state index contributed by atoms with van der Waals surface area (Å²) in [6.07, 6.45) is 6.02. The molecule has 1 heterocycles. The number of esters is 1. The molecule has 30 heavy (non-hydrogen) atoms. The van der Waals surface area contributed by atoms with Crippen molar-refractivity contribution < 1.29 is 9.53 Å². The van der Waals surface area contributed by atoms with E-state index in [1.807, 2.05) is 31.2 Å². The van der Waals surface area contributed by atoms with E-state index in [4.69, 9.17) is 9.72 Å². The largest absolute Gasteiger partial charge is 0.466 e. The maximum absolute atomic E-state index is 11.3. The zero-order chi connectivity index (χ0) is 21.0. The van der Waals surface area contributed by atoms with Gasteiger partial charge in [-0.1, -0.05) is 91.7 Å². The smallest absolute Gasteiger partial charge is 0.305 e. The molecule has 0 spiro atoms. The number of thioether (sulfide) groups is 1. The van der Waals surface area contributed by atoms with Crippen molar-refractivity contribution in [3.8, 4) is 22.5 Å². The van der Waals surface area contributed by atoms with Crippen molar-refractivity contribution >= 4 is 17.7 Å². The number of rotatable bonds is 12. The molecule has 5 heteroatoms. The molecule has 4 nitrogen and oxygen atoms in total. The average molecular weight is 423 g/mol. The average Bonchev–Trinajstić information content (AvgIpc) is 3.21. The van der Waals surface area contributed by atoms with Gasteiger partial charge >= 0.3 is 5.97 Å². The lowest BCUT2D eigenvalue weighted by atomic mass is 10.1. The van der Waals surface area contributed by atoms with Crippen molar-refractivity contribution in [2.45, 2.75) is 50.6 Å². The van der Waals surface area contributed by atoms with Crippen LogP contribution in [0.25, 0.3) is 22.5 Å². The highest BCUT2D eigenvalue weighted by Crippen LogP contribution is 2.32. The van der Waals surface area contributed by atoms with E-state index in [-0.39, 0.29) is 5.97 Å². The summed E-state index contributed by atoms with van der Waals surface area (Å²) in [4.78, 5) is 19.8. The predicted molar refractivity (Wildman–Crippen MR) is 125 cm³/mol. The monoisotopic (exact) mass is 422 g/mol. The van der Waals surface area contributed by atoms with Crippen LogP contribution in [-0.4, -0.2) is 28.3 Å². The van der Waals surface area contributed by atoms with Crippen molar-refractivity contribution in [2.75, 3.05) is 12.4 Å². The van der Waals surface area contributed by atoms with Gasteiger partial charge < -0.3 is 9.72 Å². The van der Waals surface area contributed by atoms with Crippen LogP contribution in [0.4, 0.5) is 0 Å². The van der Waals surface area contributed by atoms with E-state index in [0.717, 1.165) is 59.1 Å².